The van der Waals surface area contributed by atoms with Crippen molar-refractivity contribution in [2.75, 3.05) is 11.9 Å². The van der Waals surface area contributed by atoms with Crippen LogP contribution >= 0.6 is 11.6 Å². The molecule has 0 aliphatic heterocycles. The second-order valence-electron chi connectivity index (χ2n) is 3.73. The smallest absolute Gasteiger partial charge is 0.0747 e. The molecule has 0 radical (unpaired) electrons. The first-order chi connectivity index (χ1) is 6.76. The van der Waals surface area contributed by atoms with Gasteiger partial charge in [0.1, 0.15) is 0 Å². The van der Waals surface area contributed by atoms with Crippen LogP contribution in [0.3, 0.4) is 0 Å². The van der Waals surface area contributed by atoms with Crippen molar-refractivity contribution in [1.82, 2.24) is 0 Å². The number of hydrogen-bond acceptors (Lipinski definition) is 2. The summed E-state index contributed by atoms with van der Waals surface area (Å²) >= 11 is 5.97. The van der Waals surface area contributed by atoms with Gasteiger partial charge in [0.2, 0.25) is 0 Å². The Hall–Kier alpha value is -1.20. The molecule has 1 saturated carbocycles. The van der Waals surface area contributed by atoms with Crippen LogP contribution in [0.4, 0.5) is 5.69 Å². The summed E-state index contributed by atoms with van der Waals surface area (Å²) < 4.78 is 0. The van der Waals surface area contributed by atoms with Crippen molar-refractivity contribution < 1.29 is 0 Å². The highest BCUT2D eigenvalue weighted by Crippen LogP contribution is 2.44. The number of para-hydroxylation sites is 1. The van der Waals surface area contributed by atoms with Gasteiger partial charge in [-0.25, -0.2) is 0 Å². The lowest BCUT2D eigenvalue weighted by atomic mass is 10.1. The third-order valence-corrected chi connectivity index (χ3v) is 2.91. The second kappa shape index (κ2) is 3.51. The first-order valence-electron chi connectivity index (χ1n) is 4.65. The molecule has 0 atom stereocenters. The van der Waals surface area contributed by atoms with Crippen molar-refractivity contribution >= 4 is 17.3 Å². The topological polar surface area (TPSA) is 35.8 Å². The molecule has 0 heterocycles. The Morgan fingerprint density at radius 3 is 2.71 bits per heavy atom. The van der Waals surface area contributed by atoms with Crippen LogP contribution in [0, 0.1) is 16.7 Å². The molecule has 0 bridgehead atoms. The first kappa shape index (κ1) is 9.36. The van der Waals surface area contributed by atoms with Crippen molar-refractivity contribution in [3.63, 3.8) is 0 Å². The molecule has 14 heavy (non-hydrogen) atoms. The zero-order valence-electron chi connectivity index (χ0n) is 7.76. The molecule has 0 saturated heterocycles. The van der Waals surface area contributed by atoms with Gasteiger partial charge in [-0.15, -0.1) is 0 Å². The van der Waals surface area contributed by atoms with Crippen molar-refractivity contribution in [3.05, 3.63) is 29.3 Å². The molecule has 1 aliphatic carbocycles. The molecule has 1 fully saturated rings. The summed E-state index contributed by atoms with van der Waals surface area (Å²) in [6.45, 7) is 0.702. The van der Waals surface area contributed by atoms with E-state index in [4.69, 9.17) is 16.9 Å². The van der Waals surface area contributed by atoms with Crippen molar-refractivity contribution in [2.24, 2.45) is 5.41 Å². The van der Waals surface area contributed by atoms with E-state index in [2.05, 4.69) is 11.4 Å². The van der Waals surface area contributed by atoms with E-state index in [1.54, 1.807) is 0 Å². The number of nitrogens with one attached hydrogen (secondary N) is 1. The highest BCUT2D eigenvalue weighted by molar-refractivity contribution is 6.33. The van der Waals surface area contributed by atoms with Gasteiger partial charge in [-0.1, -0.05) is 23.7 Å². The van der Waals surface area contributed by atoms with Gasteiger partial charge in [0.15, 0.2) is 0 Å². The molecule has 0 aromatic heterocycles. The standard InChI is InChI=1S/C11H11ClN2/c12-9-3-1-2-4-10(9)14-8-11(7-13)5-6-11/h1-4,14H,5-6,8H2. The van der Waals surface area contributed by atoms with Crippen LogP contribution in [-0.4, -0.2) is 6.54 Å². The van der Waals surface area contributed by atoms with E-state index in [-0.39, 0.29) is 5.41 Å². The van der Waals surface area contributed by atoms with Crippen LogP contribution in [0.15, 0.2) is 24.3 Å². The van der Waals surface area contributed by atoms with Crippen molar-refractivity contribution in [1.29, 1.82) is 5.26 Å². The fraction of sp³-hybridized carbons (Fsp3) is 0.364. The molecule has 0 amide bonds. The molecular formula is C11H11ClN2. The van der Waals surface area contributed by atoms with Crippen LogP contribution in [0.1, 0.15) is 12.8 Å². The minimum Gasteiger partial charge on any atom is -0.382 e. The lowest BCUT2D eigenvalue weighted by Crippen LogP contribution is -2.13. The molecular weight excluding hydrogens is 196 g/mol. The molecule has 1 aromatic rings. The Bertz CT molecular complexity index is 377. The molecule has 1 N–H and O–H groups in total. The molecule has 3 heteroatoms. The van der Waals surface area contributed by atoms with Crippen LogP contribution in [0.5, 0.6) is 0 Å². The number of nitriles is 1. The average molecular weight is 207 g/mol. The Morgan fingerprint density at radius 1 is 1.43 bits per heavy atom. The first-order valence-corrected chi connectivity index (χ1v) is 5.03. The summed E-state index contributed by atoms with van der Waals surface area (Å²) in [5.74, 6) is 0. The SMILES string of the molecule is N#CC1(CNc2ccccc2Cl)CC1. The number of halogens is 1. The molecule has 2 nitrogen and oxygen atoms in total. The zero-order valence-corrected chi connectivity index (χ0v) is 8.51. The van der Waals surface area contributed by atoms with Gasteiger partial charge in [0.25, 0.3) is 0 Å². The van der Waals surface area contributed by atoms with Crippen LogP contribution in [-0.2, 0) is 0 Å². The number of anilines is 1. The quantitative estimate of drug-likeness (QED) is 0.825. The maximum atomic E-state index is 8.88. The lowest BCUT2D eigenvalue weighted by Gasteiger charge is -2.10. The molecule has 0 unspecified atom stereocenters. The summed E-state index contributed by atoms with van der Waals surface area (Å²) in [5.41, 5.74) is 0.787. The summed E-state index contributed by atoms with van der Waals surface area (Å²) in [4.78, 5) is 0. The number of nitrogens with zero attached hydrogens (tertiary/aromatic N) is 1. The maximum absolute atomic E-state index is 8.88. The lowest BCUT2D eigenvalue weighted by molar-refractivity contribution is 0.711. The molecule has 2 rings (SSSR count). The predicted octanol–water partition coefficient (Wildman–Crippen LogP) is 3.06. The number of rotatable bonds is 3. The largest absolute Gasteiger partial charge is 0.382 e. The van der Waals surface area contributed by atoms with E-state index in [0.29, 0.717) is 11.6 Å². The third kappa shape index (κ3) is 1.83. The van der Waals surface area contributed by atoms with Crippen molar-refractivity contribution in [3.8, 4) is 6.07 Å². The van der Waals surface area contributed by atoms with Gasteiger partial charge >= 0.3 is 0 Å². The van der Waals surface area contributed by atoms with Gasteiger partial charge in [-0.2, -0.15) is 5.26 Å². The van der Waals surface area contributed by atoms with E-state index in [0.717, 1.165) is 18.5 Å². The fourth-order valence-corrected chi connectivity index (χ4v) is 1.55. The average Bonchev–Trinajstić information content (AvgIpc) is 2.98. The van der Waals surface area contributed by atoms with Crippen LogP contribution in [0.2, 0.25) is 5.02 Å². The van der Waals surface area contributed by atoms with Crippen molar-refractivity contribution in [2.45, 2.75) is 12.8 Å². The van der Waals surface area contributed by atoms with Gasteiger partial charge in [-0.05, 0) is 25.0 Å². The number of hydrogen-bond donors (Lipinski definition) is 1. The monoisotopic (exact) mass is 206 g/mol. The van der Waals surface area contributed by atoms with Crippen LogP contribution < -0.4 is 5.32 Å². The Labute approximate surface area is 88.5 Å². The Balaban J connectivity index is 1.99. The van der Waals surface area contributed by atoms with Gasteiger partial charge in [-0.3, -0.25) is 0 Å². The third-order valence-electron chi connectivity index (χ3n) is 2.58. The zero-order chi connectivity index (χ0) is 10.0. The van der Waals surface area contributed by atoms with Crippen LogP contribution in [0.25, 0.3) is 0 Å². The van der Waals surface area contributed by atoms with E-state index in [1.165, 1.54) is 0 Å². The maximum Gasteiger partial charge on any atom is 0.0747 e. The van der Waals surface area contributed by atoms with Gasteiger partial charge < -0.3 is 5.32 Å². The van der Waals surface area contributed by atoms with E-state index >= 15 is 0 Å². The molecule has 1 aliphatic rings. The van der Waals surface area contributed by atoms with E-state index < -0.39 is 0 Å². The minimum absolute atomic E-state index is 0.126. The minimum atomic E-state index is -0.126. The van der Waals surface area contributed by atoms with Gasteiger partial charge in [0, 0.05) is 6.54 Å². The van der Waals surface area contributed by atoms with E-state index in [1.807, 2.05) is 24.3 Å². The van der Waals surface area contributed by atoms with Gasteiger partial charge in [0.05, 0.1) is 22.2 Å². The summed E-state index contributed by atoms with van der Waals surface area (Å²) in [6.07, 6.45) is 2.00. The second-order valence-corrected chi connectivity index (χ2v) is 4.13. The normalized spacial score (nSPS) is 17.1. The van der Waals surface area contributed by atoms with E-state index in [9.17, 15) is 0 Å². The number of benzene rings is 1. The molecule has 0 spiro atoms. The molecule has 72 valence electrons. The molecule has 1 aromatic carbocycles. The summed E-state index contributed by atoms with van der Waals surface area (Å²) in [6, 6.07) is 9.93. The summed E-state index contributed by atoms with van der Waals surface area (Å²) in [5, 5.41) is 12.8. The Morgan fingerprint density at radius 2 is 2.14 bits per heavy atom. The predicted molar refractivity (Wildman–Crippen MR) is 57.2 cm³/mol. The fourth-order valence-electron chi connectivity index (χ4n) is 1.35. The Kier molecular flexibility index (Phi) is 2.35. The highest BCUT2D eigenvalue weighted by Gasteiger charge is 2.42. The highest BCUT2D eigenvalue weighted by atomic mass is 35.5. The summed E-state index contributed by atoms with van der Waals surface area (Å²) in [7, 11) is 0.